The third kappa shape index (κ3) is 5.92. The normalized spacial score (nSPS) is 10.8. The lowest BCUT2D eigenvalue weighted by Gasteiger charge is -2.14. The number of hydrogen-bond donors (Lipinski definition) is 1. The average molecular weight is 156 g/mol. The van der Waals surface area contributed by atoms with Crippen LogP contribution in [0.4, 0.5) is 0 Å². The van der Waals surface area contributed by atoms with Crippen molar-refractivity contribution >= 4 is 0 Å². The van der Waals surface area contributed by atoms with Crippen LogP contribution < -0.4 is 5.32 Å². The largest absolute Gasteiger partial charge is 0.378 e. The monoisotopic (exact) mass is 156 g/mol. The van der Waals surface area contributed by atoms with Gasteiger partial charge in [0.1, 0.15) is 0 Å². The van der Waals surface area contributed by atoms with Crippen LogP contribution in [0.25, 0.3) is 0 Å². The van der Waals surface area contributed by atoms with Gasteiger partial charge >= 0.3 is 0 Å². The van der Waals surface area contributed by atoms with Gasteiger partial charge in [-0.05, 0) is 26.6 Å². The zero-order valence-electron chi connectivity index (χ0n) is 7.93. The third-order valence-electron chi connectivity index (χ3n) is 1.64. The van der Waals surface area contributed by atoms with Crippen LogP contribution in [0.1, 0.15) is 20.8 Å². The van der Waals surface area contributed by atoms with Crippen LogP contribution in [0.15, 0.2) is 12.3 Å². The van der Waals surface area contributed by atoms with E-state index in [9.17, 15) is 0 Å². The van der Waals surface area contributed by atoms with Gasteiger partial charge in [0.15, 0.2) is 0 Å². The highest BCUT2D eigenvalue weighted by molar-refractivity contribution is 4.83. The van der Waals surface area contributed by atoms with E-state index in [1.165, 1.54) is 0 Å². The van der Waals surface area contributed by atoms with Crippen molar-refractivity contribution in [3.8, 4) is 0 Å². The fraction of sp³-hybridized carbons (Fsp3) is 0.778. The molecule has 66 valence electrons. The fourth-order valence-corrected chi connectivity index (χ4v) is 0.864. The van der Waals surface area contributed by atoms with E-state index in [1.807, 2.05) is 0 Å². The van der Waals surface area contributed by atoms with Gasteiger partial charge in [-0.2, -0.15) is 0 Å². The molecule has 0 saturated carbocycles. The van der Waals surface area contributed by atoms with Gasteiger partial charge < -0.3 is 10.2 Å². The lowest BCUT2D eigenvalue weighted by molar-refractivity contribution is 0.417. The van der Waals surface area contributed by atoms with E-state index in [0.717, 1.165) is 26.2 Å². The molecule has 0 fully saturated rings. The number of likely N-dealkylation sites (N-methyl/N-ethyl adjacent to an activating group) is 1. The molecular weight excluding hydrogens is 136 g/mol. The van der Waals surface area contributed by atoms with Crippen molar-refractivity contribution in [3.05, 3.63) is 12.3 Å². The Bertz CT molecular complexity index is 95.7. The molecule has 0 aliphatic rings. The van der Waals surface area contributed by atoms with E-state index in [2.05, 4.69) is 43.3 Å². The lowest BCUT2D eigenvalue weighted by Crippen LogP contribution is -2.17. The minimum absolute atomic E-state index is 0.979. The molecule has 0 heterocycles. The first-order valence-corrected chi connectivity index (χ1v) is 4.46. The summed E-state index contributed by atoms with van der Waals surface area (Å²) in [5, 5.41) is 3.24. The molecule has 2 nitrogen and oxygen atoms in total. The molecule has 0 bridgehead atoms. The molecule has 0 unspecified atom stereocenters. The first-order chi connectivity index (χ1) is 5.35. The van der Waals surface area contributed by atoms with Gasteiger partial charge in [0.05, 0.1) is 0 Å². The van der Waals surface area contributed by atoms with Crippen molar-refractivity contribution in [2.24, 2.45) is 0 Å². The number of nitrogens with zero attached hydrogens (tertiary/aromatic N) is 1. The van der Waals surface area contributed by atoms with Crippen LogP contribution in [0.3, 0.4) is 0 Å². The molecule has 0 spiro atoms. The van der Waals surface area contributed by atoms with E-state index in [4.69, 9.17) is 0 Å². The van der Waals surface area contributed by atoms with Crippen LogP contribution >= 0.6 is 0 Å². The second-order valence-corrected chi connectivity index (χ2v) is 2.41. The SMILES string of the molecule is CCNCC=CN(CC)CC. The summed E-state index contributed by atoms with van der Waals surface area (Å²) in [5.74, 6) is 0. The van der Waals surface area contributed by atoms with E-state index in [1.54, 1.807) is 0 Å². The number of hydrogen-bond acceptors (Lipinski definition) is 2. The molecule has 0 saturated heterocycles. The van der Waals surface area contributed by atoms with Gasteiger partial charge in [-0.25, -0.2) is 0 Å². The molecule has 11 heavy (non-hydrogen) atoms. The van der Waals surface area contributed by atoms with E-state index in [0.29, 0.717) is 0 Å². The lowest BCUT2D eigenvalue weighted by atomic mass is 10.5. The molecule has 0 radical (unpaired) electrons. The highest BCUT2D eigenvalue weighted by atomic mass is 15.1. The summed E-state index contributed by atoms with van der Waals surface area (Å²) in [4.78, 5) is 2.28. The van der Waals surface area contributed by atoms with Gasteiger partial charge in [-0.1, -0.05) is 13.0 Å². The maximum atomic E-state index is 3.24. The fourth-order valence-electron chi connectivity index (χ4n) is 0.864. The molecule has 0 aromatic carbocycles. The van der Waals surface area contributed by atoms with Gasteiger partial charge in [0.2, 0.25) is 0 Å². The molecule has 0 atom stereocenters. The summed E-state index contributed by atoms with van der Waals surface area (Å²) >= 11 is 0. The van der Waals surface area contributed by atoms with Gasteiger partial charge in [0.25, 0.3) is 0 Å². The smallest absolute Gasteiger partial charge is 0.0151 e. The molecular formula is C9H20N2. The predicted molar refractivity (Wildman–Crippen MR) is 50.6 cm³/mol. The molecule has 0 aromatic rings. The number of nitrogens with one attached hydrogen (secondary N) is 1. The Kier molecular flexibility index (Phi) is 7.26. The standard InChI is InChI=1S/C9H20N2/c1-4-10-8-7-9-11(5-2)6-3/h7,9-10H,4-6,8H2,1-3H3. The minimum Gasteiger partial charge on any atom is -0.378 e. The Hall–Kier alpha value is -0.500. The molecule has 1 N–H and O–H groups in total. The summed E-state index contributed by atoms with van der Waals surface area (Å²) in [7, 11) is 0. The molecule has 0 aromatic heterocycles. The van der Waals surface area contributed by atoms with Gasteiger partial charge in [0, 0.05) is 19.6 Å². The second kappa shape index (κ2) is 7.61. The van der Waals surface area contributed by atoms with Crippen molar-refractivity contribution in [1.29, 1.82) is 0 Å². The Morgan fingerprint density at radius 1 is 1.18 bits per heavy atom. The highest BCUT2D eigenvalue weighted by Crippen LogP contribution is 1.86. The van der Waals surface area contributed by atoms with Crippen molar-refractivity contribution in [2.75, 3.05) is 26.2 Å². The van der Waals surface area contributed by atoms with Crippen LogP contribution in [0.5, 0.6) is 0 Å². The van der Waals surface area contributed by atoms with Crippen LogP contribution in [-0.4, -0.2) is 31.1 Å². The maximum absolute atomic E-state index is 3.24. The Labute approximate surface area is 70.3 Å². The van der Waals surface area contributed by atoms with Crippen molar-refractivity contribution in [1.82, 2.24) is 10.2 Å². The molecule has 0 rings (SSSR count). The van der Waals surface area contributed by atoms with Gasteiger partial charge in [-0.3, -0.25) is 0 Å². The van der Waals surface area contributed by atoms with Crippen LogP contribution in [0.2, 0.25) is 0 Å². The molecule has 2 heteroatoms. The zero-order valence-corrected chi connectivity index (χ0v) is 7.93. The van der Waals surface area contributed by atoms with Crippen LogP contribution in [0, 0.1) is 0 Å². The zero-order chi connectivity index (χ0) is 8.53. The van der Waals surface area contributed by atoms with E-state index < -0.39 is 0 Å². The highest BCUT2D eigenvalue weighted by Gasteiger charge is 1.87. The molecule has 0 amide bonds. The van der Waals surface area contributed by atoms with Crippen molar-refractivity contribution < 1.29 is 0 Å². The predicted octanol–water partition coefficient (Wildman–Crippen LogP) is 1.45. The maximum Gasteiger partial charge on any atom is 0.0151 e. The summed E-state index contributed by atoms with van der Waals surface area (Å²) in [6, 6.07) is 0. The summed E-state index contributed by atoms with van der Waals surface area (Å²) < 4.78 is 0. The van der Waals surface area contributed by atoms with Crippen molar-refractivity contribution in [3.63, 3.8) is 0 Å². The summed E-state index contributed by atoms with van der Waals surface area (Å²) in [6.45, 7) is 10.7. The average Bonchev–Trinajstić information content (AvgIpc) is 2.05. The second-order valence-electron chi connectivity index (χ2n) is 2.41. The topological polar surface area (TPSA) is 15.3 Å². The Morgan fingerprint density at radius 2 is 1.82 bits per heavy atom. The van der Waals surface area contributed by atoms with Gasteiger partial charge in [-0.15, -0.1) is 0 Å². The third-order valence-corrected chi connectivity index (χ3v) is 1.64. The van der Waals surface area contributed by atoms with Crippen LogP contribution in [-0.2, 0) is 0 Å². The Morgan fingerprint density at radius 3 is 2.27 bits per heavy atom. The first kappa shape index (κ1) is 10.5. The summed E-state index contributed by atoms with van der Waals surface area (Å²) in [5.41, 5.74) is 0. The molecule has 0 aliphatic heterocycles. The Balaban J connectivity index is 3.36. The van der Waals surface area contributed by atoms with Crippen molar-refractivity contribution in [2.45, 2.75) is 20.8 Å². The van der Waals surface area contributed by atoms with E-state index >= 15 is 0 Å². The summed E-state index contributed by atoms with van der Waals surface area (Å²) in [6.07, 6.45) is 4.32. The molecule has 0 aliphatic carbocycles. The number of rotatable bonds is 6. The first-order valence-electron chi connectivity index (χ1n) is 4.46. The van der Waals surface area contributed by atoms with E-state index in [-0.39, 0.29) is 0 Å². The quantitative estimate of drug-likeness (QED) is 0.586. The minimum atomic E-state index is 0.979.